The van der Waals surface area contributed by atoms with Gasteiger partial charge in [-0.1, -0.05) is 19.1 Å². The normalized spacial score (nSPS) is 10.4. The van der Waals surface area contributed by atoms with Crippen molar-refractivity contribution < 1.29 is 9.90 Å². The molecule has 0 saturated carbocycles. The van der Waals surface area contributed by atoms with E-state index >= 15 is 0 Å². The lowest BCUT2D eigenvalue weighted by Crippen LogP contribution is -2.10. The van der Waals surface area contributed by atoms with Crippen molar-refractivity contribution in [3.8, 4) is 5.75 Å². The molecule has 0 spiro atoms. The van der Waals surface area contributed by atoms with Crippen LogP contribution in [0.2, 0.25) is 0 Å². The van der Waals surface area contributed by atoms with E-state index in [2.05, 4.69) is 5.32 Å². The van der Waals surface area contributed by atoms with E-state index in [1.54, 1.807) is 12.1 Å². The van der Waals surface area contributed by atoms with E-state index in [4.69, 9.17) is 0 Å². The van der Waals surface area contributed by atoms with Gasteiger partial charge in [0.25, 0.3) is 0 Å². The number of anilines is 1. The molecule has 88 valence electrons. The summed E-state index contributed by atoms with van der Waals surface area (Å²) in [4.78, 5) is 11.6. The number of carbonyl (C=O) groups excluding carboxylic acids is 1. The zero-order valence-corrected chi connectivity index (χ0v) is 9.73. The molecule has 2 aromatic carbocycles. The van der Waals surface area contributed by atoms with Crippen LogP contribution in [-0.2, 0) is 4.79 Å². The highest BCUT2D eigenvalue weighted by molar-refractivity contribution is 6.02. The van der Waals surface area contributed by atoms with Crippen LogP contribution in [-0.4, -0.2) is 11.0 Å². The van der Waals surface area contributed by atoms with Gasteiger partial charge < -0.3 is 10.4 Å². The number of amides is 1. The quantitative estimate of drug-likeness (QED) is 0.848. The molecule has 0 aliphatic rings. The number of aromatic hydroxyl groups is 1. The molecular weight excluding hydrogens is 214 g/mol. The van der Waals surface area contributed by atoms with Gasteiger partial charge in [0.05, 0.1) is 0 Å². The highest BCUT2D eigenvalue weighted by atomic mass is 16.3. The monoisotopic (exact) mass is 229 g/mol. The minimum atomic E-state index is 0.0214. The molecule has 0 unspecified atom stereocenters. The Hall–Kier alpha value is -2.03. The Bertz CT molecular complexity index is 549. The number of hydrogen-bond donors (Lipinski definition) is 2. The standard InChI is InChI=1S/C14H15NO2/c1-2-4-14(17)15-13-6-3-5-10-9-11(16)7-8-12(10)13/h3,5-9,16H,2,4H2,1H3,(H,15,17). The Kier molecular flexibility index (Phi) is 3.28. The first-order chi connectivity index (χ1) is 8.20. The van der Waals surface area contributed by atoms with E-state index in [0.717, 1.165) is 22.9 Å². The van der Waals surface area contributed by atoms with Crippen molar-refractivity contribution in [2.24, 2.45) is 0 Å². The summed E-state index contributed by atoms with van der Waals surface area (Å²) in [6, 6.07) is 10.8. The Morgan fingerprint density at radius 2 is 2.12 bits per heavy atom. The Labute approximate surface area is 100 Å². The van der Waals surface area contributed by atoms with Crippen LogP contribution in [0.25, 0.3) is 10.8 Å². The van der Waals surface area contributed by atoms with Crippen LogP contribution in [0.1, 0.15) is 19.8 Å². The highest BCUT2D eigenvalue weighted by Crippen LogP contribution is 2.26. The zero-order valence-electron chi connectivity index (χ0n) is 9.73. The molecule has 2 rings (SSSR count). The van der Waals surface area contributed by atoms with Gasteiger partial charge in [-0.3, -0.25) is 4.79 Å². The largest absolute Gasteiger partial charge is 0.508 e. The minimum absolute atomic E-state index is 0.0214. The van der Waals surface area contributed by atoms with Gasteiger partial charge in [0.1, 0.15) is 5.75 Å². The smallest absolute Gasteiger partial charge is 0.224 e. The van der Waals surface area contributed by atoms with Crippen LogP contribution in [0.5, 0.6) is 5.75 Å². The van der Waals surface area contributed by atoms with E-state index in [9.17, 15) is 9.90 Å². The van der Waals surface area contributed by atoms with Crippen molar-refractivity contribution in [1.82, 2.24) is 0 Å². The molecule has 2 N–H and O–H groups in total. The lowest BCUT2D eigenvalue weighted by atomic mass is 10.1. The fourth-order valence-corrected chi connectivity index (χ4v) is 1.82. The summed E-state index contributed by atoms with van der Waals surface area (Å²) < 4.78 is 0. The van der Waals surface area contributed by atoms with Crippen LogP contribution < -0.4 is 5.32 Å². The summed E-state index contributed by atoms with van der Waals surface area (Å²) in [6.07, 6.45) is 1.35. The second-order valence-electron chi connectivity index (χ2n) is 4.01. The predicted octanol–water partition coefficient (Wildman–Crippen LogP) is 3.28. The molecule has 0 saturated heterocycles. The fourth-order valence-electron chi connectivity index (χ4n) is 1.82. The second kappa shape index (κ2) is 4.87. The summed E-state index contributed by atoms with van der Waals surface area (Å²) >= 11 is 0. The highest BCUT2D eigenvalue weighted by Gasteiger charge is 2.05. The molecule has 17 heavy (non-hydrogen) atoms. The number of hydrogen-bond acceptors (Lipinski definition) is 2. The van der Waals surface area contributed by atoms with Gasteiger partial charge in [-0.25, -0.2) is 0 Å². The molecular formula is C14H15NO2. The molecule has 1 amide bonds. The van der Waals surface area contributed by atoms with Gasteiger partial charge in [-0.2, -0.15) is 0 Å². The van der Waals surface area contributed by atoms with Crippen molar-refractivity contribution in [1.29, 1.82) is 0 Å². The van der Waals surface area contributed by atoms with E-state index in [1.807, 2.05) is 31.2 Å². The van der Waals surface area contributed by atoms with Crippen LogP contribution >= 0.6 is 0 Å². The molecule has 0 radical (unpaired) electrons. The second-order valence-corrected chi connectivity index (χ2v) is 4.01. The Morgan fingerprint density at radius 1 is 1.29 bits per heavy atom. The average molecular weight is 229 g/mol. The predicted molar refractivity (Wildman–Crippen MR) is 69.2 cm³/mol. The number of benzene rings is 2. The summed E-state index contributed by atoms with van der Waals surface area (Å²) in [5, 5.41) is 14.1. The molecule has 0 aliphatic carbocycles. The fraction of sp³-hybridized carbons (Fsp3) is 0.214. The van der Waals surface area contributed by atoms with Gasteiger partial charge >= 0.3 is 0 Å². The lowest BCUT2D eigenvalue weighted by Gasteiger charge is -2.08. The molecule has 0 fully saturated rings. The third-order valence-corrected chi connectivity index (χ3v) is 2.62. The number of nitrogens with one attached hydrogen (secondary N) is 1. The first-order valence-electron chi connectivity index (χ1n) is 5.72. The van der Waals surface area contributed by atoms with Gasteiger partial charge in [0.15, 0.2) is 0 Å². The maximum Gasteiger partial charge on any atom is 0.224 e. The number of rotatable bonds is 3. The molecule has 3 heteroatoms. The van der Waals surface area contributed by atoms with E-state index in [-0.39, 0.29) is 11.7 Å². The van der Waals surface area contributed by atoms with Crippen molar-refractivity contribution >= 4 is 22.4 Å². The topological polar surface area (TPSA) is 49.3 Å². The number of phenols is 1. The number of carbonyl (C=O) groups is 1. The van der Waals surface area contributed by atoms with Gasteiger partial charge in [-0.15, -0.1) is 0 Å². The van der Waals surface area contributed by atoms with Crippen molar-refractivity contribution in [3.05, 3.63) is 36.4 Å². The third kappa shape index (κ3) is 2.56. The van der Waals surface area contributed by atoms with Crippen molar-refractivity contribution in [2.75, 3.05) is 5.32 Å². The van der Waals surface area contributed by atoms with E-state index in [1.165, 1.54) is 0 Å². The Morgan fingerprint density at radius 3 is 2.88 bits per heavy atom. The van der Waals surface area contributed by atoms with Crippen LogP contribution in [0.4, 0.5) is 5.69 Å². The molecule has 0 aliphatic heterocycles. The first-order valence-corrected chi connectivity index (χ1v) is 5.72. The summed E-state index contributed by atoms with van der Waals surface area (Å²) in [5.41, 5.74) is 0.793. The van der Waals surface area contributed by atoms with Crippen LogP contribution in [0.3, 0.4) is 0 Å². The van der Waals surface area contributed by atoms with E-state index < -0.39 is 0 Å². The average Bonchev–Trinajstić information content (AvgIpc) is 2.29. The van der Waals surface area contributed by atoms with Crippen LogP contribution in [0.15, 0.2) is 36.4 Å². The van der Waals surface area contributed by atoms with E-state index in [0.29, 0.717) is 6.42 Å². The third-order valence-electron chi connectivity index (χ3n) is 2.62. The molecule has 0 aromatic heterocycles. The van der Waals surface area contributed by atoms with Gasteiger partial charge in [0.2, 0.25) is 5.91 Å². The maximum absolute atomic E-state index is 11.6. The molecule has 2 aromatic rings. The number of fused-ring (bicyclic) bond motifs is 1. The maximum atomic E-state index is 11.6. The number of phenolic OH excluding ortho intramolecular Hbond substituents is 1. The molecule has 0 heterocycles. The zero-order chi connectivity index (χ0) is 12.3. The van der Waals surface area contributed by atoms with Crippen LogP contribution in [0, 0.1) is 0 Å². The van der Waals surface area contributed by atoms with Crippen molar-refractivity contribution in [2.45, 2.75) is 19.8 Å². The summed E-state index contributed by atoms with van der Waals surface area (Å²) in [7, 11) is 0. The lowest BCUT2D eigenvalue weighted by molar-refractivity contribution is -0.116. The molecule has 0 bridgehead atoms. The molecule has 3 nitrogen and oxygen atoms in total. The molecule has 0 atom stereocenters. The minimum Gasteiger partial charge on any atom is -0.508 e. The van der Waals surface area contributed by atoms with Crippen molar-refractivity contribution in [3.63, 3.8) is 0 Å². The Balaban J connectivity index is 2.37. The SMILES string of the molecule is CCCC(=O)Nc1cccc2cc(O)ccc12. The first kappa shape index (κ1) is 11.5. The summed E-state index contributed by atoms with van der Waals surface area (Å²) in [6.45, 7) is 1.97. The summed E-state index contributed by atoms with van der Waals surface area (Å²) in [5.74, 6) is 0.252. The van der Waals surface area contributed by atoms with Gasteiger partial charge in [0, 0.05) is 17.5 Å². The van der Waals surface area contributed by atoms with Gasteiger partial charge in [-0.05, 0) is 36.1 Å².